The number of rotatable bonds is 6. The van der Waals surface area contributed by atoms with Gasteiger partial charge in [0.25, 0.3) is 0 Å². The number of aromatic nitrogens is 1. The van der Waals surface area contributed by atoms with Gasteiger partial charge in [-0.05, 0) is 36.8 Å². The van der Waals surface area contributed by atoms with E-state index in [1.54, 1.807) is 0 Å². The van der Waals surface area contributed by atoms with Crippen LogP contribution >= 0.6 is 24.0 Å². The summed E-state index contributed by atoms with van der Waals surface area (Å²) in [6, 6.07) is 6.55. The molecule has 32 heavy (non-hydrogen) atoms. The van der Waals surface area contributed by atoms with Crippen LogP contribution in [0, 0.1) is 0 Å². The molecule has 1 aromatic carbocycles. The number of hydrogen-bond acceptors (Lipinski definition) is 3. The quantitative estimate of drug-likeness (QED) is 0.329. The van der Waals surface area contributed by atoms with Crippen molar-refractivity contribution in [3.05, 3.63) is 35.5 Å². The Morgan fingerprint density at radius 2 is 1.81 bits per heavy atom. The van der Waals surface area contributed by atoms with Crippen LogP contribution in [0.4, 0.5) is 0 Å². The Morgan fingerprint density at radius 3 is 2.50 bits per heavy atom. The van der Waals surface area contributed by atoms with E-state index in [9.17, 15) is 4.79 Å². The van der Waals surface area contributed by atoms with Crippen molar-refractivity contribution in [3.8, 4) is 0 Å². The fraction of sp³-hybridized carbons (Fsp3) is 0.583. The van der Waals surface area contributed by atoms with E-state index in [4.69, 9.17) is 0 Å². The Morgan fingerprint density at radius 1 is 1.06 bits per heavy atom. The van der Waals surface area contributed by atoms with Gasteiger partial charge in [-0.25, -0.2) is 0 Å². The average Bonchev–Trinajstić information content (AvgIpc) is 3.48. The first-order chi connectivity index (χ1) is 15.2. The number of para-hydroxylation sites is 1. The number of halogens is 1. The lowest BCUT2D eigenvalue weighted by atomic mass is 10.1. The molecule has 4 rings (SSSR count). The van der Waals surface area contributed by atoms with Gasteiger partial charge in [-0.2, -0.15) is 0 Å². The fourth-order valence-electron chi connectivity index (χ4n) is 4.79. The summed E-state index contributed by atoms with van der Waals surface area (Å²) in [6.07, 6.45) is 6.44. The minimum atomic E-state index is 0. The van der Waals surface area contributed by atoms with Gasteiger partial charge < -0.3 is 20.1 Å². The van der Waals surface area contributed by atoms with E-state index >= 15 is 0 Å². The molecule has 0 atom stereocenters. The maximum atomic E-state index is 12.4. The number of aliphatic imine (C=N–C) groups is 1. The first-order valence-electron chi connectivity index (χ1n) is 11.7. The Bertz CT molecular complexity index is 912. The Labute approximate surface area is 208 Å². The highest BCUT2D eigenvalue weighted by molar-refractivity contribution is 14.0. The van der Waals surface area contributed by atoms with Crippen molar-refractivity contribution in [2.75, 3.05) is 59.4 Å². The second-order valence-corrected chi connectivity index (χ2v) is 8.58. The van der Waals surface area contributed by atoms with Gasteiger partial charge in [0.15, 0.2) is 5.96 Å². The van der Waals surface area contributed by atoms with Crippen molar-refractivity contribution in [2.24, 2.45) is 4.99 Å². The number of hydrogen-bond donors (Lipinski definition) is 2. The van der Waals surface area contributed by atoms with Crippen LogP contribution in [0.5, 0.6) is 0 Å². The molecule has 7 nitrogen and oxygen atoms in total. The highest BCUT2D eigenvalue weighted by Gasteiger charge is 2.24. The summed E-state index contributed by atoms with van der Waals surface area (Å²) in [5.74, 6) is 1.25. The number of carbonyl (C=O) groups excluding carboxylic acids is 1. The molecule has 0 radical (unpaired) electrons. The number of amides is 1. The molecule has 0 aliphatic carbocycles. The minimum Gasteiger partial charge on any atom is -0.361 e. The van der Waals surface area contributed by atoms with Crippen molar-refractivity contribution in [1.29, 1.82) is 0 Å². The topological polar surface area (TPSA) is 67.0 Å². The maximum absolute atomic E-state index is 12.4. The van der Waals surface area contributed by atoms with E-state index < -0.39 is 0 Å². The molecule has 1 amide bonds. The summed E-state index contributed by atoms with van der Waals surface area (Å²) in [6.45, 7) is 9.09. The van der Waals surface area contributed by atoms with E-state index in [0.717, 1.165) is 77.5 Å². The lowest BCUT2D eigenvalue weighted by molar-refractivity contribution is -0.131. The van der Waals surface area contributed by atoms with Gasteiger partial charge in [-0.3, -0.25) is 14.7 Å². The van der Waals surface area contributed by atoms with Gasteiger partial charge in [-0.15, -0.1) is 24.0 Å². The van der Waals surface area contributed by atoms with Crippen LogP contribution in [0.2, 0.25) is 0 Å². The van der Waals surface area contributed by atoms with Crippen molar-refractivity contribution in [3.63, 3.8) is 0 Å². The summed E-state index contributed by atoms with van der Waals surface area (Å²) in [5, 5.41) is 4.87. The van der Waals surface area contributed by atoms with Crippen molar-refractivity contribution in [2.45, 2.75) is 32.6 Å². The number of H-pyrrole nitrogens is 1. The molecule has 2 aromatic rings. The number of fused-ring (bicyclic) bond motifs is 1. The molecule has 2 fully saturated rings. The third-order valence-electron chi connectivity index (χ3n) is 6.65. The highest BCUT2D eigenvalue weighted by Crippen LogP contribution is 2.22. The van der Waals surface area contributed by atoms with Gasteiger partial charge in [0, 0.05) is 70.0 Å². The summed E-state index contributed by atoms with van der Waals surface area (Å²) in [7, 11) is 1.85. The van der Waals surface area contributed by atoms with E-state index in [1.165, 1.54) is 22.0 Å². The molecule has 0 bridgehead atoms. The number of nitrogens with one attached hydrogen (secondary N) is 2. The lowest BCUT2D eigenvalue weighted by Crippen LogP contribution is -2.54. The predicted molar refractivity (Wildman–Crippen MR) is 142 cm³/mol. The molecular formula is C24H37IN6O. The third-order valence-corrected chi connectivity index (χ3v) is 6.65. The number of aryl methyl sites for hydroxylation is 1. The number of benzene rings is 1. The number of piperazine rings is 1. The number of guanidine groups is 1. The molecule has 2 aliphatic heterocycles. The van der Waals surface area contributed by atoms with E-state index in [2.05, 4.69) is 56.4 Å². The number of carbonyl (C=O) groups is 1. The fourth-order valence-corrected chi connectivity index (χ4v) is 4.79. The van der Waals surface area contributed by atoms with Gasteiger partial charge in [0.05, 0.1) is 6.54 Å². The van der Waals surface area contributed by atoms with E-state index in [0.29, 0.717) is 12.5 Å². The maximum Gasteiger partial charge on any atom is 0.236 e. The molecule has 1 aromatic heterocycles. The molecule has 8 heteroatoms. The zero-order chi connectivity index (χ0) is 21.6. The van der Waals surface area contributed by atoms with Crippen molar-refractivity contribution in [1.82, 2.24) is 25.0 Å². The summed E-state index contributed by atoms with van der Waals surface area (Å²) < 4.78 is 0. The molecule has 2 N–H and O–H groups in total. The van der Waals surface area contributed by atoms with Crippen LogP contribution in [0.3, 0.4) is 0 Å². The van der Waals surface area contributed by atoms with Crippen LogP contribution in [-0.4, -0.2) is 91.0 Å². The normalized spacial score (nSPS) is 17.6. The molecule has 0 unspecified atom stereocenters. The summed E-state index contributed by atoms with van der Waals surface area (Å²) in [4.78, 5) is 27.0. The molecular weight excluding hydrogens is 515 g/mol. The largest absolute Gasteiger partial charge is 0.361 e. The summed E-state index contributed by atoms with van der Waals surface area (Å²) >= 11 is 0. The second kappa shape index (κ2) is 11.9. The molecule has 176 valence electrons. The van der Waals surface area contributed by atoms with Crippen LogP contribution in [-0.2, 0) is 17.6 Å². The van der Waals surface area contributed by atoms with Crippen LogP contribution in [0.1, 0.15) is 30.9 Å². The molecule has 0 saturated carbocycles. The molecule has 0 spiro atoms. The zero-order valence-corrected chi connectivity index (χ0v) is 21.7. The lowest BCUT2D eigenvalue weighted by Gasteiger charge is -2.36. The highest BCUT2D eigenvalue weighted by atomic mass is 127. The Kier molecular flexibility index (Phi) is 9.22. The van der Waals surface area contributed by atoms with Gasteiger partial charge in [0.1, 0.15) is 0 Å². The van der Waals surface area contributed by atoms with Gasteiger partial charge in [-0.1, -0.05) is 25.1 Å². The average molecular weight is 553 g/mol. The second-order valence-electron chi connectivity index (χ2n) is 8.58. The SMILES string of the molecule is CCc1cccc2c(CCNC(=NC)N3CCN(CC(=O)N4CCCC4)CC3)c[nH]c12.I. The van der Waals surface area contributed by atoms with Crippen LogP contribution in [0.15, 0.2) is 29.4 Å². The minimum absolute atomic E-state index is 0. The Balaban J connectivity index is 0.00000289. The predicted octanol–water partition coefficient (Wildman–Crippen LogP) is 2.71. The number of aromatic amines is 1. The zero-order valence-electron chi connectivity index (χ0n) is 19.4. The number of likely N-dealkylation sites (tertiary alicyclic amines) is 1. The van der Waals surface area contributed by atoms with Gasteiger partial charge >= 0.3 is 0 Å². The Hall–Kier alpha value is -1.81. The van der Waals surface area contributed by atoms with Crippen LogP contribution < -0.4 is 5.32 Å². The standard InChI is InChI=1S/C24H36N6O.HI/c1-3-19-7-6-8-21-20(17-27-23(19)21)9-10-26-24(25-2)30-15-13-28(14-16-30)18-22(31)29-11-4-5-12-29;/h6-8,17,27H,3-5,9-16,18H2,1-2H3,(H,25,26);1H. The van der Waals surface area contributed by atoms with Crippen molar-refractivity contribution >= 4 is 46.7 Å². The smallest absolute Gasteiger partial charge is 0.236 e. The molecule has 2 saturated heterocycles. The molecule has 3 heterocycles. The van der Waals surface area contributed by atoms with Crippen molar-refractivity contribution < 1.29 is 4.79 Å². The van der Waals surface area contributed by atoms with Gasteiger partial charge in [0.2, 0.25) is 5.91 Å². The number of nitrogens with zero attached hydrogens (tertiary/aromatic N) is 4. The van der Waals surface area contributed by atoms with E-state index in [-0.39, 0.29) is 24.0 Å². The monoisotopic (exact) mass is 552 g/mol. The molecule has 2 aliphatic rings. The first kappa shape index (κ1) is 24.8. The van der Waals surface area contributed by atoms with E-state index in [1.807, 2.05) is 11.9 Å². The van der Waals surface area contributed by atoms with Crippen LogP contribution in [0.25, 0.3) is 10.9 Å². The first-order valence-corrected chi connectivity index (χ1v) is 11.7. The third kappa shape index (κ3) is 5.75. The summed E-state index contributed by atoms with van der Waals surface area (Å²) in [5.41, 5.74) is 3.98.